The highest BCUT2D eigenvalue weighted by atomic mass is 16.7. The van der Waals surface area contributed by atoms with Crippen LogP contribution in [0.4, 0.5) is 5.69 Å². The van der Waals surface area contributed by atoms with Crippen molar-refractivity contribution in [1.29, 1.82) is 0 Å². The predicted octanol–water partition coefficient (Wildman–Crippen LogP) is 3.49. The molecule has 31 heavy (non-hydrogen) atoms. The lowest BCUT2D eigenvalue weighted by Gasteiger charge is -2.39. The molecule has 0 saturated carbocycles. The summed E-state index contributed by atoms with van der Waals surface area (Å²) in [6.45, 7) is 7.47. The fraction of sp³-hybridized carbons (Fsp3) is 0.455. The molecule has 0 fully saturated rings. The average Bonchev–Trinajstić information content (AvgIpc) is 3.12. The highest BCUT2D eigenvalue weighted by Gasteiger charge is 2.45. The Morgan fingerprint density at radius 3 is 2.61 bits per heavy atom. The zero-order chi connectivity index (χ0) is 22.5. The Labute approximate surface area is 179 Å². The first-order valence-electron chi connectivity index (χ1n) is 10.1. The predicted molar refractivity (Wildman–Crippen MR) is 109 cm³/mol. The topological polar surface area (TPSA) is 117 Å². The Bertz CT molecular complexity index is 1070. The summed E-state index contributed by atoms with van der Waals surface area (Å²) in [6, 6.07) is 2.79. The van der Waals surface area contributed by atoms with Gasteiger partial charge in [-0.15, -0.1) is 0 Å². The van der Waals surface area contributed by atoms with Gasteiger partial charge in [0.2, 0.25) is 6.79 Å². The Kier molecular flexibility index (Phi) is 4.99. The standard InChI is InChI=1S/C22H24N2O7/c1-5-29-21(26)18-11(2)23-13-8-22(3,4)9-15(25)20(13)19(18)12-6-16-17(31-10-30-16)7-14(12)24(27)28/h6-7,19,23H,5,8-10H2,1-4H3/t19-/m0/s1. The fourth-order valence-corrected chi connectivity index (χ4v) is 4.56. The van der Waals surface area contributed by atoms with E-state index in [9.17, 15) is 19.7 Å². The minimum absolute atomic E-state index is 0.0527. The molecule has 164 valence electrons. The number of nitro benzene ring substituents is 1. The lowest BCUT2D eigenvalue weighted by molar-refractivity contribution is -0.385. The number of Topliss-reactive ketones (excluding diaryl/α,β-unsaturated/α-hetero) is 1. The maximum absolute atomic E-state index is 13.3. The minimum Gasteiger partial charge on any atom is -0.463 e. The first-order chi connectivity index (χ1) is 14.6. The lowest BCUT2D eigenvalue weighted by Crippen LogP contribution is -2.38. The molecule has 0 amide bonds. The number of nitro groups is 1. The molecule has 0 saturated heterocycles. The maximum Gasteiger partial charge on any atom is 0.336 e. The average molecular weight is 428 g/mol. The molecule has 1 atom stereocenters. The van der Waals surface area contributed by atoms with Crippen molar-refractivity contribution in [2.45, 2.75) is 46.5 Å². The van der Waals surface area contributed by atoms with Crippen molar-refractivity contribution in [3.63, 3.8) is 0 Å². The van der Waals surface area contributed by atoms with Gasteiger partial charge >= 0.3 is 5.97 Å². The van der Waals surface area contributed by atoms with E-state index in [0.29, 0.717) is 29.1 Å². The molecule has 0 radical (unpaired) electrons. The Morgan fingerprint density at radius 2 is 1.97 bits per heavy atom. The van der Waals surface area contributed by atoms with Gasteiger partial charge in [0.05, 0.1) is 29.1 Å². The van der Waals surface area contributed by atoms with E-state index in [0.717, 1.165) is 0 Å². The summed E-state index contributed by atoms with van der Waals surface area (Å²) in [4.78, 5) is 37.6. The molecule has 9 nitrogen and oxygen atoms in total. The van der Waals surface area contributed by atoms with Crippen molar-refractivity contribution in [1.82, 2.24) is 5.32 Å². The second-order valence-electron chi connectivity index (χ2n) is 8.67. The van der Waals surface area contributed by atoms with E-state index in [2.05, 4.69) is 5.32 Å². The van der Waals surface area contributed by atoms with Crippen LogP contribution in [0.25, 0.3) is 0 Å². The highest BCUT2D eigenvalue weighted by Crippen LogP contribution is 2.50. The van der Waals surface area contributed by atoms with Gasteiger partial charge in [-0.05, 0) is 31.7 Å². The number of carbonyl (C=O) groups is 2. The van der Waals surface area contributed by atoms with Gasteiger partial charge < -0.3 is 19.5 Å². The number of nitrogens with one attached hydrogen (secondary N) is 1. The number of ketones is 1. The number of nitrogens with zero attached hydrogens (tertiary/aromatic N) is 1. The van der Waals surface area contributed by atoms with Gasteiger partial charge in [0.15, 0.2) is 17.3 Å². The van der Waals surface area contributed by atoms with E-state index in [4.69, 9.17) is 14.2 Å². The van der Waals surface area contributed by atoms with Crippen LogP contribution in [0.2, 0.25) is 0 Å². The van der Waals surface area contributed by atoms with E-state index in [1.165, 1.54) is 12.1 Å². The Morgan fingerprint density at radius 1 is 1.29 bits per heavy atom. The summed E-state index contributed by atoms with van der Waals surface area (Å²) in [7, 11) is 0. The minimum atomic E-state index is -0.936. The zero-order valence-corrected chi connectivity index (χ0v) is 17.9. The van der Waals surface area contributed by atoms with Crippen molar-refractivity contribution in [2.24, 2.45) is 5.41 Å². The molecule has 4 rings (SSSR count). The smallest absolute Gasteiger partial charge is 0.336 e. The van der Waals surface area contributed by atoms with Gasteiger partial charge in [0.25, 0.3) is 5.69 Å². The summed E-state index contributed by atoms with van der Waals surface area (Å²) in [5.74, 6) is -1.11. The van der Waals surface area contributed by atoms with Crippen LogP contribution < -0.4 is 14.8 Å². The summed E-state index contributed by atoms with van der Waals surface area (Å²) in [5, 5.41) is 15.2. The van der Waals surface area contributed by atoms with Gasteiger partial charge in [-0.1, -0.05) is 13.8 Å². The molecular weight excluding hydrogens is 404 g/mol. The van der Waals surface area contributed by atoms with E-state index >= 15 is 0 Å². The molecule has 0 unspecified atom stereocenters. The van der Waals surface area contributed by atoms with Crippen molar-refractivity contribution in [3.05, 3.63) is 50.4 Å². The number of benzene rings is 1. The largest absolute Gasteiger partial charge is 0.463 e. The van der Waals surface area contributed by atoms with Crippen LogP contribution in [-0.2, 0) is 14.3 Å². The number of carbonyl (C=O) groups excluding carboxylic acids is 2. The molecule has 0 aromatic heterocycles. The molecular formula is C22H24N2O7. The number of rotatable bonds is 4. The van der Waals surface area contributed by atoms with Crippen LogP contribution in [0.5, 0.6) is 11.5 Å². The summed E-state index contributed by atoms with van der Waals surface area (Å²) >= 11 is 0. The normalized spacial score (nSPS) is 21.5. The molecule has 3 aliphatic rings. The van der Waals surface area contributed by atoms with Gasteiger partial charge in [-0.3, -0.25) is 14.9 Å². The molecule has 1 aromatic carbocycles. The van der Waals surface area contributed by atoms with Crippen molar-refractivity contribution in [3.8, 4) is 11.5 Å². The third kappa shape index (κ3) is 3.54. The number of hydrogen-bond acceptors (Lipinski definition) is 8. The quantitative estimate of drug-likeness (QED) is 0.440. The van der Waals surface area contributed by atoms with Crippen LogP contribution in [0.1, 0.15) is 52.0 Å². The number of ether oxygens (including phenoxy) is 3. The fourth-order valence-electron chi connectivity index (χ4n) is 4.56. The van der Waals surface area contributed by atoms with Crippen molar-refractivity contribution < 1.29 is 28.7 Å². The number of allylic oxidation sites excluding steroid dienone is 3. The molecule has 2 heterocycles. The highest BCUT2D eigenvalue weighted by molar-refractivity contribution is 6.04. The molecule has 1 aliphatic carbocycles. The van der Waals surface area contributed by atoms with Gasteiger partial charge in [-0.2, -0.15) is 0 Å². The summed E-state index contributed by atoms with van der Waals surface area (Å²) in [5.41, 5.74) is 1.46. The first kappa shape index (κ1) is 20.9. The van der Waals surface area contributed by atoms with E-state index in [1.54, 1.807) is 13.8 Å². The first-order valence-corrected chi connectivity index (χ1v) is 10.1. The van der Waals surface area contributed by atoms with Crippen LogP contribution >= 0.6 is 0 Å². The SMILES string of the molecule is CCOC(=O)C1=C(C)NC2=C(C(=O)CC(C)(C)C2)[C@H]1c1cc2c(cc1[N+](=O)[O-])OCO2. The third-order valence-corrected chi connectivity index (χ3v) is 5.76. The monoisotopic (exact) mass is 428 g/mol. The van der Waals surface area contributed by atoms with Gasteiger partial charge in [-0.25, -0.2) is 4.79 Å². The molecule has 0 spiro atoms. The number of hydrogen-bond donors (Lipinski definition) is 1. The second kappa shape index (κ2) is 7.40. The Balaban J connectivity index is 1.98. The number of esters is 1. The maximum atomic E-state index is 13.3. The summed E-state index contributed by atoms with van der Waals surface area (Å²) < 4.78 is 16.0. The molecule has 9 heteroatoms. The van der Waals surface area contributed by atoms with E-state index < -0.39 is 16.8 Å². The van der Waals surface area contributed by atoms with Gasteiger partial charge in [0.1, 0.15) is 0 Å². The van der Waals surface area contributed by atoms with Crippen molar-refractivity contribution in [2.75, 3.05) is 13.4 Å². The molecule has 2 aliphatic heterocycles. The molecule has 1 N–H and O–H groups in total. The molecule has 0 bridgehead atoms. The Hall–Kier alpha value is -3.36. The van der Waals surface area contributed by atoms with Crippen LogP contribution in [0.15, 0.2) is 34.7 Å². The number of dihydropyridines is 1. The van der Waals surface area contributed by atoms with Crippen molar-refractivity contribution >= 4 is 17.4 Å². The van der Waals surface area contributed by atoms with E-state index in [-0.39, 0.29) is 53.6 Å². The van der Waals surface area contributed by atoms with Crippen LogP contribution in [-0.4, -0.2) is 30.1 Å². The number of fused-ring (bicyclic) bond motifs is 1. The van der Waals surface area contributed by atoms with Crippen LogP contribution in [0.3, 0.4) is 0 Å². The molecule has 1 aromatic rings. The van der Waals surface area contributed by atoms with Gasteiger partial charge in [0, 0.05) is 29.0 Å². The van der Waals surface area contributed by atoms with Crippen LogP contribution in [0, 0.1) is 15.5 Å². The zero-order valence-electron chi connectivity index (χ0n) is 17.9. The van der Waals surface area contributed by atoms with E-state index in [1.807, 2.05) is 13.8 Å². The third-order valence-electron chi connectivity index (χ3n) is 5.76. The lowest BCUT2D eigenvalue weighted by atomic mass is 9.68. The summed E-state index contributed by atoms with van der Waals surface area (Å²) in [6.07, 6.45) is 0.855. The second-order valence-corrected chi connectivity index (χ2v) is 8.67.